The van der Waals surface area contributed by atoms with Crippen molar-refractivity contribution >= 4 is 35.2 Å². The summed E-state index contributed by atoms with van der Waals surface area (Å²) in [6.45, 7) is 0. The SMILES string of the molecule is N#C[C@@H]1CSCN1C(=O)[C@H]1NCSC1C(=O)C1Cc2ccccc2C1. The van der Waals surface area contributed by atoms with Crippen molar-refractivity contribution in [1.29, 1.82) is 5.26 Å². The molecular formula is C18H19N3O2S2. The largest absolute Gasteiger partial charge is 0.315 e. The zero-order valence-electron chi connectivity index (χ0n) is 13.7. The number of fused-ring (bicyclic) bond motifs is 1. The maximum absolute atomic E-state index is 13.1. The standard InChI is InChI=1S/C18H19N3O2S2/c19-7-14-8-24-10-21(14)18(23)15-17(25-9-20-15)16(22)13-5-11-3-1-2-4-12(11)6-13/h1-4,13-15,17,20H,5-6,8-10H2/t14-,15+,17?/m1/s1. The molecule has 1 amide bonds. The molecule has 0 spiro atoms. The van der Waals surface area contributed by atoms with Crippen molar-refractivity contribution in [3.8, 4) is 6.07 Å². The number of Topliss-reactive ketones (excluding diaryl/α,β-unsaturated/α-hetero) is 1. The van der Waals surface area contributed by atoms with Gasteiger partial charge in [-0.15, -0.1) is 23.5 Å². The monoisotopic (exact) mass is 373 g/mol. The Kier molecular flexibility index (Phi) is 4.76. The predicted octanol–water partition coefficient (Wildman–Crippen LogP) is 1.43. The molecule has 130 valence electrons. The lowest BCUT2D eigenvalue weighted by Crippen LogP contribution is -2.52. The molecule has 2 fully saturated rings. The van der Waals surface area contributed by atoms with Crippen molar-refractivity contribution in [2.45, 2.75) is 30.2 Å². The van der Waals surface area contributed by atoms with Gasteiger partial charge in [-0.1, -0.05) is 24.3 Å². The number of nitrogens with one attached hydrogen (secondary N) is 1. The second-order valence-electron chi connectivity index (χ2n) is 6.64. The van der Waals surface area contributed by atoms with Crippen LogP contribution in [0.1, 0.15) is 11.1 Å². The fourth-order valence-electron chi connectivity index (χ4n) is 3.83. The van der Waals surface area contributed by atoms with Gasteiger partial charge in [-0.05, 0) is 24.0 Å². The first-order valence-electron chi connectivity index (χ1n) is 8.42. The number of rotatable bonds is 3. The normalized spacial score (nSPS) is 28.8. The number of hydrogen-bond acceptors (Lipinski definition) is 6. The third kappa shape index (κ3) is 3.07. The topological polar surface area (TPSA) is 73.2 Å². The lowest BCUT2D eigenvalue weighted by atomic mass is 9.94. The van der Waals surface area contributed by atoms with Crippen LogP contribution in [0, 0.1) is 17.2 Å². The lowest BCUT2D eigenvalue weighted by Gasteiger charge is -2.26. The number of nitriles is 1. The molecule has 25 heavy (non-hydrogen) atoms. The maximum atomic E-state index is 13.1. The first-order valence-corrected chi connectivity index (χ1v) is 10.6. The van der Waals surface area contributed by atoms with E-state index in [1.165, 1.54) is 22.9 Å². The number of carbonyl (C=O) groups is 2. The van der Waals surface area contributed by atoms with Gasteiger partial charge in [-0.3, -0.25) is 14.9 Å². The Morgan fingerprint density at radius 2 is 1.96 bits per heavy atom. The van der Waals surface area contributed by atoms with Crippen LogP contribution < -0.4 is 5.32 Å². The quantitative estimate of drug-likeness (QED) is 0.864. The van der Waals surface area contributed by atoms with E-state index in [4.69, 9.17) is 0 Å². The third-order valence-electron chi connectivity index (χ3n) is 5.18. The van der Waals surface area contributed by atoms with E-state index in [1.807, 2.05) is 12.1 Å². The van der Waals surface area contributed by atoms with Gasteiger partial charge in [0.15, 0.2) is 5.78 Å². The van der Waals surface area contributed by atoms with E-state index in [1.54, 1.807) is 16.7 Å². The molecule has 1 aromatic carbocycles. The van der Waals surface area contributed by atoms with Crippen molar-refractivity contribution in [3.05, 3.63) is 35.4 Å². The summed E-state index contributed by atoms with van der Waals surface area (Å²) in [5, 5.41) is 12.1. The Morgan fingerprint density at radius 3 is 2.64 bits per heavy atom. The van der Waals surface area contributed by atoms with Gasteiger partial charge in [0, 0.05) is 17.5 Å². The highest BCUT2D eigenvalue weighted by molar-refractivity contribution is 8.01. The van der Waals surface area contributed by atoms with Crippen LogP contribution in [-0.2, 0) is 22.4 Å². The van der Waals surface area contributed by atoms with Crippen molar-refractivity contribution < 1.29 is 9.59 Å². The van der Waals surface area contributed by atoms with Gasteiger partial charge in [0.2, 0.25) is 5.91 Å². The van der Waals surface area contributed by atoms with Gasteiger partial charge >= 0.3 is 0 Å². The number of ketones is 1. The van der Waals surface area contributed by atoms with E-state index < -0.39 is 6.04 Å². The highest BCUT2D eigenvalue weighted by Gasteiger charge is 2.45. The van der Waals surface area contributed by atoms with Crippen LogP contribution in [-0.4, -0.2) is 51.4 Å². The first-order chi connectivity index (χ1) is 12.2. The van der Waals surface area contributed by atoms with Gasteiger partial charge < -0.3 is 4.90 Å². The molecule has 0 saturated carbocycles. The summed E-state index contributed by atoms with van der Waals surface area (Å²) in [5.41, 5.74) is 2.50. The number of nitrogens with zero attached hydrogens (tertiary/aromatic N) is 2. The molecule has 1 aliphatic carbocycles. The van der Waals surface area contributed by atoms with Gasteiger partial charge in [0.05, 0.1) is 17.2 Å². The van der Waals surface area contributed by atoms with E-state index in [0.717, 1.165) is 12.8 Å². The lowest BCUT2D eigenvalue weighted by molar-refractivity contribution is -0.135. The van der Waals surface area contributed by atoms with E-state index in [2.05, 4.69) is 23.5 Å². The van der Waals surface area contributed by atoms with E-state index >= 15 is 0 Å². The minimum absolute atomic E-state index is 0.0372. The summed E-state index contributed by atoms with van der Waals surface area (Å²) in [6, 6.07) is 9.51. The second-order valence-corrected chi connectivity index (χ2v) is 8.77. The Bertz CT molecular complexity index is 723. The average Bonchev–Trinajstić information content (AvgIpc) is 3.38. The van der Waals surface area contributed by atoms with Crippen LogP contribution in [0.5, 0.6) is 0 Å². The molecule has 1 unspecified atom stereocenters. The zero-order valence-corrected chi connectivity index (χ0v) is 15.3. The summed E-state index contributed by atoms with van der Waals surface area (Å²) in [7, 11) is 0. The number of hydrogen-bond donors (Lipinski definition) is 1. The Hall–Kier alpha value is -1.49. The second kappa shape index (κ2) is 7.02. The van der Waals surface area contributed by atoms with E-state index in [9.17, 15) is 14.9 Å². The van der Waals surface area contributed by atoms with Gasteiger partial charge in [-0.2, -0.15) is 5.26 Å². The number of thioether (sulfide) groups is 2. The molecule has 1 N–H and O–H groups in total. The molecule has 0 bridgehead atoms. The van der Waals surface area contributed by atoms with Crippen molar-refractivity contribution in [1.82, 2.24) is 10.2 Å². The van der Waals surface area contributed by atoms with Crippen molar-refractivity contribution in [3.63, 3.8) is 0 Å². The number of benzene rings is 1. The predicted molar refractivity (Wildman–Crippen MR) is 99.1 cm³/mol. The molecular weight excluding hydrogens is 354 g/mol. The third-order valence-corrected chi connectivity index (χ3v) is 7.39. The Balaban J connectivity index is 1.48. The van der Waals surface area contributed by atoms with Crippen LogP contribution in [0.3, 0.4) is 0 Å². The van der Waals surface area contributed by atoms with Crippen LogP contribution >= 0.6 is 23.5 Å². The van der Waals surface area contributed by atoms with Crippen LogP contribution in [0.15, 0.2) is 24.3 Å². The smallest absolute Gasteiger partial charge is 0.243 e. The minimum atomic E-state index is -0.504. The van der Waals surface area contributed by atoms with E-state index in [-0.39, 0.29) is 28.9 Å². The average molecular weight is 374 g/mol. The number of carbonyl (C=O) groups excluding carboxylic acids is 2. The Morgan fingerprint density at radius 1 is 1.24 bits per heavy atom. The van der Waals surface area contributed by atoms with Crippen molar-refractivity contribution in [2.24, 2.45) is 5.92 Å². The summed E-state index contributed by atoms with van der Waals surface area (Å²) >= 11 is 3.11. The summed E-state index contributed by atoms with van der Waals surface area (Å²) in [4.78, 5) is 27.6. The molecule has 2 heterocycles. The van der Waals surface area contributed by atoms with Crippen molar-refractivity contribution in [2.75, 3.05) is 17.5 Å². The molecule has 7 heteroatoms. The molecule has 0 aromatic heterocycles. The molecule has 2 saturated heterocycles. The molecule has 3 aliphatic rings. The van der Waals surface area contributed by atoms with Gasteiger partial charge in [-0.25, -0.2) is 0 Å². The highest BCUT2D eigenvalue weighted by atomic mass is 32.2. The molecule has 1 aromatic rings. The molecule has 4 rings (SSSR count). The van der Waals surface area contributed by atoms with Crippen LogP contribution in [0.4, 0.5) is 0 Å². The minimum Gasteiger partial charge on any atom is -0.315 e. The van der Waals surface area contributed by atoms with Crippen LogP contribution in [0.2, 0.25) is 0 Å². The summed E-state index contributed by atoms with van der Waals surface area (Å²) < 4.78 is 0. The Labute approximate surface area is 155 Å². The first kappa shape index (κ1) is 17.0. The molecule has 5 nitrogen and oxygen atoms in total. The molecule has 2 aliphatic heterocycles. The summed E-state index contributed by atoms with van der Waals surface area (Å²) in [5.74, 6) is 1.82. The van der Waals surface area contributed by atoms with Crippen LogP contribution in [0.25, 0.3) is 0 Å². The fourth-order valence-corrected chi connectivity index (χ4v) is 6.14. The number of amides is 1. The van der Waals surface area contributed by atoms with E-state index in [0.29, 0.717) is 17.5 Å². The van der Waals surface area contributed by atoms with Gasteiger partial charge in [0.25, 0.3) is 0 Å². The highest BCUT2D eigenvalue weighted by Crippen LogP contribution is 2.34. The maximum Gasteiger partial charge on any atom is 0.243 e. The molecule has 3 atom stereocenters. The zero-order chi connectivity index (χ0) is 17.4. The van der Waals surface area contributed by atoms with Gasteiger partial charge in [0.1, 0.15) is 12.1 Å². The molecule has 0 radical (unpaired) electrons. The fraction of sp³-hybridized carbons (Fsp3) is 0.500. The summed E-state index contributed by atoms with van der Waals surface area (Å²) in [6.07, 6.45) is 1.54.